The Morgan fingerprint density at radius 1 is 1.59 bits per heavy atom. The van der Waals surface area contributed by atoms with Crippen LogP contribution < -0.4 is 16.0 Å². The van der Waals surface area contributed by atoms with Crippen LogP contribution in [0.15, 0.2) is 12.3 Å². The first-order valence-corrected chi connectivity index (χ1v) is 5.63. The van der Waals surface area contributed by atoms with Crippen LogP contribution in [0, 0.1) is 0 Å². The minimum atomic E-state index is -0.633. The second-order valence-corrected chi connectivity index (χ2v) is 4.52. The number of carbonyl (C=O) groups excluding carboxylic acids is 1. The Labute approximate surface area is 100 Å². The van der Waals surface area contributed by atoms with E-state index in [4.69, 9.17) is 5.73 Å². The molecule has 1 aromatic heterocycles. The number of piperazine rings is 1. The normalized spacial score (nSPS) is 19.0. The van der Waals surface area contributed by atoms with Crippen molar-refractivity contribution in [2.24, 2.45) is 5.73 Å². The topological polar surface area (TPSA) is 84.1 Å². The zero-order valence-corrected chi connectivity index (χ0v) is 10.1. The molecule has 2 rings (SSSR count). The lowest BCUT2D eigenvalue weighted by Crippen LogP contribution is -2.62. The smallest absolute Gasteiger partial charge is 0.245 e. The molecule has 92 valence electrons. The highest BCUT2D eigenvalue weighted by Crippen LogP contribution is 2.22. The predicted molar refractivity (Wildman–Crippen MR) is 64.4 cm³/mol. The molecule has 6 heteroatoms. The fraction of sp³-hybridized carbons (Fsp3) is 0.545. The van der Waals surface area contributed by atoms with Gasteiger partial charge in [0.05, 0.1) is 5.69 Å². The van der Waals surface area contributed by atoms with Crippen LogP contribution in [0.1, 0.15) is 19.5 Å². The molecule has 0 bridgehead atoms. The van der Waals surface area contributed by atoms with E-state index in [0.29, 0.717) is 25.6 Å². The third kappa shape index (κ3) is 2.08. The number of hydrogen-bond donors (Lipinski definition) is 2. The second-order valence-electron chi connectivity index (χ2n) is 4.52. The average molecular weight is 235 g/mol. The summed E-state index contributed by atoms with van der Waals surface area (Å²) in [6.07, 6.45) is 1.67. The van der Waals surface area contributed by atoms with Crippen LogP contribution in [0.25, 0.3) is 0 Å². The summed E-state index contributed by atoms with van der Waals surface area (Å²) < 4.78 is 0. The zero-order valence-electron chi connectivity index (χ0n) is 10.1. The zero-order chi connectivity index (χ0) is 12.5. The van der Waals surface area contributed by atoms with E-state index in [9.17, 15) is 4.79 Å². The summed E-state index contributed by atoms with van der Waals surface area (Å²) in [6, 6.07) is 1.78. The van der Waals surface area contributed by atoms with Crippen molar-refractivity contribution in [3.05, 3.63) is 18.0 Å². The number of nitrogens with zero attached hydrogens (tertiary/aromatic N) is 3. The van der Waals surface area contributed by atoms with Crippen molar-refractivity contribution in [3.63, 3.8) is 0 Å². The fourth-order valence-corrected chi connectivity index (χ4v) is 1.88. The van der Waals surface area contributed by atoms with Gasteiger partial charge in [0.2, 0.25) is 11.9 Å². The summed E-state index contributed by atoms with van der Waals surface area (Å²) in [5, 5.41) is 2.84. The lowest BCUT2D eigenvalue weighted by molar-refractivity contribution is -0.126. The number of rotatable bonds is 2. The molecular weight excluding hydrogens is 218 g/mol. The van der Waals surface area contributed by atoms with E-state index >= 15 is 0 Å². The molecule has 17 heavy (non-hydrogen) atoms. The van der Waals surface area contributed by atoms with Crippen molar-refractivity contribution in [3.8, 4) is 0 Å². The summed E-state index contributed by atoms with van der Waals surface area (Å²) in [7, 11) is 0. The number of amides is 1. The van der Waals surface area contributed by atoms with Crippen molar-refractivity contribution in [2.45, 2.75) is 25.9 Å². The lowest BCUT2D eigenvalue weighted by Gasteiger charge is -2.41. The van der Waals surface area contributed by atoms with E-state index in [-0.39, 0.29) is 5.91 Å². The van der Waals surface area contributed by atoms with E-state index in [2.05, 4.69) is 15.3 Å². The van der Waals surface area contributed by atoms with E-state index < -0.39 is 5.54 Å². The molecule has 1 aliphatic rings. The van der Waals surface area contributed by atoms with Gasteiger partial charge in [-0.2, -0.15) is 0 Å². The largest absolute Gasteiger partial charge is 0.352 e. The average Bonchev–Trinajstić information content (AvgIpc) is 2.32. The maximum absolute atomic E-state index is 11.8. The number of nitrogens with one attached hydrogen (secondary N) is 1. The molecule has 1 saturated heterocycles. The molecule has 1 aliphatic heterocycles. The lowest BCUT2D eigenvalue weighted by atomic mass is 9.99. The van der Waals surface area contributed by atoms with Crippen molar-refractivity contribution in [2.75, 3.05) is 18.0 Å². The molecule has 6 nitrogen and oxygen atoms in total. The first-order chi connectivity index (χ1) is 8.05. The summed E-state index contributed by atoms with van der Waals surface area (Å²) in [4.78, 5) is 22.3. The molecule has 0 spiro atoms. The number of carbonyl (C=O) groups is 1. The molecule has 2 heterocycles. The van der Waals surface area contributed by atoms with Gasteiger partial charge in [-0.25, -0.2) is 9.97 Å². The van der Waals surface area contributed by atoms with Crippen LogP contribution in [0.4, 0.5) is 5.95 Å². The van der Waals surface area contributed by atoms with E-state index in [1.807, 2.05) is 18.7 Å². The van der Waals surface area contributed by atoms with Gasteiger partial charge in [-0.15, -0.1) is 0 Å². The van der Waals surface area contributed by atoms with Crippen molar-refractivity contribution in [1.82, 2.24) is 15.3 Å². The molecule has 1 aromatic rings. The van der Waals surface area contributed by atoms with Crippen LogP contribution in [-0.2, 0) is 11.3 Å². The van der Waals surface area contributed by atoms with E-state index in [0.717, 1.165) is 5.69 Å². The van der Waals surface area contributed by atoms with Gasteiger partial charge in [0.1, 0.15) is 5.54 Å². The molecule has 0 aromatic carbocycles. The van der Waals surface area contributed by atoms with Gasteiger partial charge in [-0.1, -0.05) is 0 Å². The SMILES string of the molecule is CC1(C)C(=O)NCCN1c1nccc(CN)n1. The molecule has 1 amide bonds. The quantitative estimate of drug-likeness (QED) is 0.732. The van der Waals surface area contributed by atoms with Gasteiger partial charge < -0.3 is 16.0 Å². The molecule has 1 fully saturated rings. The summed E-state index contributed by atoms with van der Waals surface area (Å²) in [6.45, 7) is 5.40. The van der Waals surface area contributed by atoms with Gasteiger partial charge in [0.25, 0.3) is 0 Å². The molecule has 0 saturated carbocycles. The predicted octanol–water partition coefficient (Wildman–Crippen LogP) is -0.350. The van der Waals surface area contributed by atoms with Gasteiger partial charge in [0, 0.05) is 25.8 Å². The Hall–Kier alpha value is -1.69. The van der Waals surface area contributed by atoms with Crippen LogP contribution in [0.3, 0.4) is 0 Å². The van der Waals surface area contributed by atoms with E-state index in [1.165, 1.54) is 0 Å². The van der Waals surface area contributed by atoms with Crippen LogP contribution in [-0.4, -0.2) is 34.5 Å². The van der Waals surface area contributed by atoms with Gasteiger partial charge >= 0.3 is 0 Å². The second kappa shape index (κ2) is 4.29. The number of aromatic nitrogens is 2. The number of hydrogen-bond acceptors (Lipinski definition) is 5. The molecule has 0 aliphatic carbocycles. The van der Waals surface area contributed by atoms with Crippen LogP contribution >= 0.6 is 0 Å². The van der Waals surface area contributed by atoms with Gasteiger partial charge in [-0.3, -0.25) is 4.79 Å². The number of nitrogens with two attached hydrogens (primary N) is 1. The summed E-state index contributed by atoms with van der Waals surface area (Å²) >= 11 is 0. The monoisotopic (exact) mass is 235 g/mol. The van der Waals surface area contributed by atoms with E-state index in [1.54, 1.807) is 12.3 Å². The van der Waals surface area contributed by atoms with Crippen LogP contribution in [0.5, 0.6) is 0 Å². The minimum absolute atomic E-state index is 0.00879. The molecule has 0 atom stereocenters. The highest BCUT2D eigenvalue weighted by atomic mass is 16.2. The highest BCUT2D eigenvalue weighted by Gasteiger charge is 2.39. The highest BCUT2D eigenvalue weighted by molar-refractivity contribution is 5.89. The summed E-state index contributed by atoms with van der Waals surface area (Å²) in [5.41, 5.74) is 5.70. The molecule has 0 unspecified atom stereocenters. The first kappa shape index (κ1) is 11.8. The summed E-state index contributed by atoms with van der Waals surface area (Å²) in [5.74, 6) is 0.554. The molecule has 0 radical (unpaired) electrons. The maximum Gasteiger partial charge on any atom is 0.245 e. The Bertz CT molecular complexity index is 432. The third-order valence-corrected chi connectivity index (χ3v) is 3.00. The maximum atomic E-state index is 11.8. The van der Waals surface area contributed by atoms with Gasteiger partial charge in [-0.05, 0) is 19.9 Å². The Kier molecular flexibility index (Phi) is 2.97. The minimum Gasteiger partial charge on any atom is -0.352 e. The third-order valence-electron chi connectivity index (χ3n) is 3.00. The van der Waals surface area contributed by atoms with Crippen molar-refractivity contribution in [1.29, 1.82) is 0 Å². The standard InChI is InChI=1S/C11H17N5O/c1-11(2)9(17)13-5-6-16(11)10-14-4-3-8(7-12)15-10/h3-4H,5-7,12H2,1-2H3,(H,13,17). The Morgan fingerprint density at radius 2 is 2.35 bits per heavy atom. The molecule has 3 N–H and O–H groups in total. The van der Waals surface area contributed by atoms with Gasteiger partial charge in [0.15, 0.2) is 0 Å². The van der Waals surface area contributed by atoms with Crippen molar-refractivity contribution >= 4 is 11.9 Å². The first-order valence-electron chi connectivity index (χ1n) is 5.63. The van der Waals surface area contributed by atoms with Crippen LogP contribution in [0.2, 0.25) is 0 Å². The van der Waals surface area contributed by atoms with Crippen molar-refractivity contribution < 1.29 is 4.79 Å². The fourth-order valence-electron chi connectivity index (χ4n) is 1.88. The Morgan fingerprint density at radius 3 is 3.06 bits per heavy atom. The molecular formula is C11H17N5O. The Balaban J connectivity index is 2.34. The number of anilines is 1.